The second-order valence-corrected chi connectivity index (χ2v) is 7.16. The monoisotopic (exact) mass is 340 g/mol. The summed E-state index contributed by atoms with van der Waals surface area (Å²) in [6.45, 7) is 5.72. The molecule has 0 unspecified atom stereocenters. The van der Waals surface area contributed by atoms with E-state index < -0.39 is 0 Å². The molecule has 5 heteroatoms. The van der Waals surface area contributed by atoms with E-state index in [2.05, 4.69) is 46.5 Å². The van der Waals surface area contributed by atoms with E-state index in [1.807, 2.05) is 24.9 Å². The molecular formula is C20H28N4O. The lowest BCUT2D eigenvalue weighted by Crippen LogP contribution is -2.41. The van der Waals surface area contributed by atoms with Crippen LogP contribution in [0.25, 0.3) is 0 Å². The molecule has 1 aromatic heterocycles. The highest BCUT2D eigenvalue weighted by Gasteiger charge is 2.26. The second-order valence-electron chi connectivity index (χ2n) is 7.16. The SMILES string of the molecule is Cc1cccc(Cn2ncc(C)c2NC(=O)[C@@H]2CCCCCN2C)c1. The van der Waals surface area contributed by atoms with E-state index >= 15 is 0 Å². The van der Waals surface area contributed by atoms with Crippen molar-refractivity contribution < 1.29 is 4.79 Å². The third kappa shape index (κ3) is 4.28. The van der Waals surface area contributed by atoms with Crippen LogP contribution in [0.3, 0.4) is 0 Å². The van der Waals surface area contributed by atoms with Crippen LogP contribution in [0.15, 0.2) is 30.5 Å². The van der Waals surface area contributed by atoms with E-state index in [1.54, 1.807) is 0 Å². The number of nitrogens with zero attached hydrogens (tertiary/aromatic N) is 3. The summed E-state index contributed by atoms with van der Waals surface area (Å²) < 4.78 is 1.89. The summed E-state index contributed by atoms with van der Waals surface area (Å²) in [5, 5.41) is 7.61. The fraction of sp³-hybridized carbons (Fsp3) is 0.500. The number of aryl methyl sites for hydroxylation is 2. The summed E-state index contributed by atoms with van der Waals surface area (Å²) >= 11 is 0. The molecule has 1 aromatic carbocycles. The van der Waals surface area contributed by atoms with E-state index in [0.717, 1.165) is 30.8 Å². The van der Waals surface area contributed by atoms with Crippen molar-refractivity contribution >= 4 is 11.7 Å². The van der Waals surface area contributed by atoms with E-state index in [4.69, 9.17) is 0 Å². The number of benzene rings is 1. The third-order valence-electron chi connectivity index (χ3n) is 5.00. The molecule has 0 radical (unpaired) electrons. The molecule has 3 rings (SSSR count). The van der Waals surface area contributed by atoms with E-state index in [-0.39, 0.29) is 11.9 Å². The standard InChI is InChI=1S/C20H28N4O/c1-15-8-7-9-17(12-15)14-24-19(16(2)13-21-24)22-20(25)18-10-5-4-6-11-23(18)3/h7-9,12-13,18H,4-6,10-11,14H2,1-3H3,(H,22,25)/t18-/m0/s1. The minimum Gasteiger partial charge on any atom is -0.309 e. The second kappa shape index (κ2) is 7.83. The van der Waals surface area contributed by atoms with Gasteiger partial charge in [0.25, 0.3) is 0 Å². The smallest absolute Gasteiger partial charge is 0.242 e. The number of hydrogen-bond donors (Lipinski definition) is 1. The molecule has 0 bridgehead atoms. The van der Waals surface area contributed by atoms with E-state index in [1.165, 1.54) is 24.0 Å². The van der Waals surface area contributed by atoms with Gasteiger partial charge in [-0.2, -0.15) is 5.10 Å². The zero-order valence-corrected chi connectivity index (χ0v) is 15.5. The first-order chi connectivity index (χ1) is 12.0. The fourth-order valence-electron chi connectivity index (χ4n) is 3.53. The van der Waals surface area contributed by atoms with Gasteiger partial charge in [0.05, 0.1) is 18.8 Å². The summed E-state index contributed by atoms with van der Waals surface area (Å²) in [6.07, 6.45) is 6.24. The highest BCUT2D eigenvalue weighted by Crippen LogP contribution is 2.20. The maximum absolute atomic E-state index is 12.8. The first-order valence-electron chi connectivity index (χ1n) is 9.13. The van der Waals surface area contributed by atoms with Crippen LogP contribution in [0.2, 0.25) is 0 Å². The van der Waals surface area contributed by atoms with Gasteiger partial charge in [0.1, 0.15) is 5.82 Å². The van der Waals surface area contributed by atoms with Crippen molar-refractivity contribution in [3.63, 3.8) is 0 Å². The Balaban J connectivity index is 1.76. The molecule has 134 valence electrons. The molecule has 0 aliphatic carbocycles. The zero-order valence-electron chi connectivity index (χ0n) is 15.5. The van der Waals surface area contributed by atoms with Gasteiger partial charge in [0.2, 0.25) is 5.91 Å². The van der Waals surface area contributed by atoms with Crippen LogP contribution < -0.4 is 5.32 Å². The predicted octanol–water partition coefficient (Wildman–Crippen LogP) is 3.36. The van der Waals surface area contributed by atoms with Crippen molar-refractivity contribution in [3.8, 4) is 0 Å². The predicted molar refractivity (Wildman–Crippen MR) is 101 cm³/mol. The van der Waals surface area contributed by atoms with Gasteiger partial charge in [0.15, 0.2) is 0 Å². The van der Waals surface area contributed by atoms with Crippen molar-refractivity contribution in [2.24, 2.45) is 0 Å². The molecule has 1 aliphatic heterocycles. The first-order valence-corrected chi connectivity index (χ1v) is 9.13. The number of nitrogens with one attached hydrogen (secondary N) is 1. The van der Waals surface area contributed by atoms with E-state index in [0.29, 0.717) is 6.54 Å². The average molecular weight is 340 g/mol. The van der Waals surface area contributed by atoms with Crippen molar-refractivity contribution in [2.75, 3.05) is 18.9 Å². The molecule has 1 fully saturated rings. The van der Waals surface area contributed by atoms with Crippen molar-refractivity contribution in [3.05, 3.63) is 47.2 Å². The molecule has 1 atom stereocenters. The number of carbonyl (C=O) groups excluding carboxylic acids is 1. The van der Waals surface area contributed by atoms with Gasteiger partial charge >= 0.3 is 0 Å². The van der Waals surface area contributed by atoms with Crippen LogP contribution in [0.5, 0.6) is 0 Å². The van der Waals surface area contributed by atoms with Gasteiger partial charge in [-0.3, -0.25) is 9.69 Å². The zero-order chi connectivity index (χ0) is 17.8. The molecule has 1 saturated heterocycles. The summed E-state index contributed by atoms with van der Waals surface area (Å²) in [5.41, 5.74) is 3.41. The topological polar surface area (TPSA) is 50.2 Å². The van der Waals surface area contributed by atoms with Gasteiger partial charge < -0.3 is 5.32 Å². The number of hydrogen-bond acceptors (Lipinski definition) is 3. The van der Waals surface area contributed by atoms with Gasteiger partial charge in [-0.05, 0) is 45.8 Å². The lowest BCUT2D eigenvalue weighted by Gasteiger charge is -2.25. The molecule has 1 aliphatic rings. The van der Waals surface area contributed by atoms with Crippen LogP contribution in [0, 0.1) is 13.8 Å². The minimum absolute atomic E-state index is 0.0516. The van der Waals surface area contributed by atoms with Gasteiger partial charge in [-0.1, -0.05) is 42.7 Å². The number of carbonyl (C=O) groups is 1. The van der Waals surface area contributed by atoms with Gasteiger partial charge in [0, 0.05) is 5.56 Å². The molecular weight excluding hydrogens is 312 g/mol. The van der Waals surface area contributed by atoms with Crippen molar-refractivity contribution in [1.82, 2.24) is 14.7 Å². The molecule has 5 nitrogen and oxygen atoms in total. The van der Waals surface area contributed by atoms with Gasteiger partial charge in [-0.25, -0.2) is 4.68 Å². The fourth-order valence-corrected chi connectivity index (χ4v) is 3.53. The van der Waals surface area contributed by atoms with Crippen LogP contribution in [0.1, 0.15) is 42.4 Å². The van der Waals surface area contributed by atoms with Crippen LogP contribution >= 0.6 is 0 Å². The Morgan fingerprint density at radius 1 is 1.28 bits per heavy atom. The number of amides is 1. The Labute approximate surface area is 150 Å². The summed E-state index contributed by atoms with van der Waals surface area (Å²) in [4.78, 5) is 15.0. The quantitative estimate of drug-likeness (QED) is 0.928. The number of aromatic nitrogens is 2. The van der Waals surface area contributed by atoms with Crippen molar-refractivity contribution in [1.29, 1.82) is 0 Å². The number of likely N-dealkylation sites (N-methyl/N-ethyl adjacent to an activating group) is 1. The van der Waals surface area contributed by atoms with Crippen LogP contribution in [-0.4, -0.2) is 40.2 Å². The Morgan fingerprint density at radius 3 is 2.92 bits per heavy atom. The molecule has 0 saturated carbocycles. The number of anilines is 1. The molecule has 1 N–H and O–H groups in total. The summed E-state index contributed by atoms with van der Waals surface area (Å²) in [5.74, 6) is 0.891. The molecule has 1 amide bonds. The summed E-state index contributed by atoms with van der Waals surface area (Å²) in [7, 11) is 2.05. The Hall–Kier alpha value is -2.14. The Morgan fingerprint density at radius 2 is 2.12 bits per heavy atom. The number of rotatable bonds is 4. The minimum atomic E-state index is -0.0516. The summed E-state index contributed by atoms with van der Waals surface area (Å²) in [6, 6.07) is 8.34. The Kier molecular flexibility index (Phi) is 5.53. The maximum Gasteiger partial charge on any atom is 0.242 e. The lowest BCUT2D eigenvalue weighted by molar-refractivity contribution is -0.120. The molecule has 2 heterocycles. The molecule has 25 heavy (non-hydrogen) atoms. The molecule has 0 spiro atoms. The lowest BCUT2D eigenvalue weighted by atomic mass is 10.1. The number of likely N-dealkylation sites (tertiary alicyclic amines) is 1. The molecule has 2 aromatic rings. The van der Waals surface area contributed by atoms with Crippen LogP contribution in [-0.2, 0) is 11.3 Å². The third-order valence-corrected chi connectivity index (χ3v) is 5.00. The Bertz CT molecular complexity index is 737. The average Bonchev–Trinajstić information content (AvgIpc) is 2.78. The first kappa shape index (κ1) is 17.7. The van der Waals surface area contributed by atoms with Crippen LogP contribution in [0.4, 0.5) is 5.82 Å². The maximum atomic E-state index is 12.8. The highest BCUT2D eigenvalue weighted by atomic mass is 16.2. The van der Waals surface area contributed by atoms with E-state index in [9.17, 15) is 4.79 Å². The largest absolute Gasteiger partial charge is 0.309 e. The highest BCUT2D eigenvalue weighted by molar-refractivity contribution is 5.94. The van der Waals surface area contributed by atoms with Gasteiger partial charge in [-0.15, -0.1) is 0 Å². The van der Waals surface area contributed by atoms with Crippen molar-refractivity contribution in [2.45, 2.75) is 52.1 Å². The normalized spacial score (nSPS) is 18.8.